The Balaban J connectivity index is 1.76. The van der Waals surface area contributed by atoms with Gasteiger partial charge in [-0.25, -0.2) is 4.79 Å². The highest BCUT2D eigenvalue weighted by Gasteiger charge is 2.46. The predicted octanol–water partition coefficient (Wildman–Crippen LogP) is 5.25. The molecule has 4 rings (SSSR count). The summed E-state index contributed by atoms with van der Waals surface area (Å²) in [4.78, 5) is 31.6. The smallest absolute Gasteiger partial charge is 0.336 e. The Morgan fingerprint density at radius 3 is 2.16 bits per heavy atom. The van der Waals surface area contributed by atoms with Crippen molar-refractivity contribution < 1.29 is 33.3 Å². The number of allylic oxidation sites excluding steroid dienone is 1. The summed E-state index contributed by atoms with van der Waals surface area (Å²) in [6.07, 6.45) is 1.76. The van der Waals surface area contributed by atoms with Gasteiger partial charge in [-0.05, 0) is 61.1 Å². The molecule has 1 fully saturated rings. The van der Waals surface area contributed by atoms with E-state index in [1.54, 1.807) is 28.3 Å². The molecule has 3 atom stereocenters. The van der Waals surface area contributed by atoms with Crippen molar-refractivity contribution in [1.82, 2.24) is 0 Å². The van der Waals surface area contributed by atoms with E-state index in [0.717, 1.165) is 23.3 Å². The molecule has 2 aliphatic rings. The fraction of sp³-hybridized carbons (Fsp3) is 0.433. The number of carbonyl (C=O) groups is 2. The average Bonchev–Trinajstić information content (AvgIpc) is 2.94. The van der Waals surface area contributed by atoms with Gasteiger partial charge in [0.25, 0.3) is 0 Å². The number of benzene rings is 2. The van der Waals surface area contributed by atoms with Crippen LogP contribution in [-0.2, 0) is 14.3 Å². The molecule has 1 saturated carbocycles. The van der Waals surface area contributed by atoms with E-state index in [9.17, 15) is 9.59 Å². The molecule has 2 aromatic rings. The van der Waals surface area contributed by atoms with Crippen LogP contribution in [0.25, 0.3) is 0 Å². The molecule has 8 heteroatoms. The maximum atomic E-state index is 13.8. The maximum Gasteiger partial charge on any atom is 0.336 e. The summed E-state index contributed by atoms with van der Waals surface area (Å²) in [5.74, 6) is 0.774. The number of ketones is 1. The summed E-state index contributed by atoms with van der Waals surface area (Å²) >= 11 is 0. The summed E-state index contributed by atoms with van der Waals surface area (Å²) in [6.45, 7) is 4.38. The molecule has 2 aromatic carbocycles. The topological polar surface area (TPSA) is 92.7 Å². The number of aliphatic imine (C=N–C) groups is 1. The summed E-state index contributed by atoms with van der Waals surface area (Å²) in [5, 5.41) is 0. The lowest BCUT2D eigenvalue weighted by atomic mass is 9.66. The van der Waals surface area contributed by atoms with E-state index >= 15 is 0 Å². The quantitative estimate of drug-likeness (QED) is 0.416. The van der Waals surface area contributed by atoms with Crippen molar-refractivity contribution in [3.05, 3.63) is 58.8 Å². The Kier molecular flexibility index (Phi) is 8.39. The van der Waals surface area contributed by atoms with Gasteiger partial charge >= 0.3 is 5.97 Å². The molecular formula is C30H35NO7. The molecule has 1 unspecified atom stereocenters. The van der Waals surface area contributed by atoms with Gasteiger partial charge in [-0.1, -0.05) is 19.1 Å². The number of carbonyl (C=O) groups excluding carboxylic acids is 2. The number of Topliss-reactive ketones (excluding diaryl/α,β-unsaturated/α-hetero) is 1. The number of esters is 1. The first kappa shape index (κ1) is 27.2. The van der Waals surface area contributed by atoms with Crippen LogP contribution in [-0.4, -0.2) is 52.5 Å². The second kappa shape index (κ2) is 11.7. The van der Waals surface area contributed by atoms with Gasteiger partial charge in [0.15, 0.2) is 23.0 Å². The Hall–Kier alpha value is -3.81. The lowest BCUT2D eigenvalue weighted by Crippen LogP contribution is -2.41. The highest BCUT2D eigenvalue weighted by atomic mass is 16.5. The van der Waals surface area contributed by atoms with E-state index in [1.165, 1.54) is 7.11 Å². The molecule has 1 aliphatic carbocycles. The van der Waals surface area contributed by atoms with Crippen LogP contribution < -0.4 is 18.9 Å². The fourth-order valence-corrected chi connectivity index (χ4v) is 5.46. The zero-order chi connectivity index (χ0) is 27.4. The molecule has 0 saturated heterocycles. The molecule has 1 aliphatic heterocycles. The van der Waals surface area contributed by atoms with Crippen molar-refractivity contribution in [3.63, 3.8) is 0 Å². The van der Waals surface area contributed by atoms with Crippen LogP contribution in [0.5, 0.6) is 23.0 Å². The largest absolute Gasteiger partial charge is 0.493 e. The minimum atomic E-state index is -0.573. The van der Waals surface area contributed by atoms with Gasteiger partial charge in [-0.3, -0.25) is 9.79 Å². The van der Waals surface area contributed by atoms with Gasteiger partial charge in [0.2, 0.25) is 0 Å². The number of methoxy groups -OCH3 is 4. The zero-order valence-electron chi connectivity index (χ0n) is 22.8. The van der Waals surface area contributed by atoms with Gasteiger partial charge in [0.1, 0.15) is 5.78 Å². The molecule has 0 spiro atoms. The van der Waals surface area contributed by atoms with Gasteiger partial charge in [-0.2, -0.15) is 0 Å². The van der Waals surface area contributed by atoms with Crippen LogP contribution >= 0.6 is 0 Å². The first-order valence-corrected chi connectivity index (χ1v) is 12.8. The van der Waals surface area contributed by atoms with E-state index in [-0.39, 0.29) is 11.7 Å². The van der Waals surface area contributed by atoms with E-state index in [2.05, 4.69) is 0 Å². The van der Waals surface area contributed by atoms with Gasteiger partial charge in [0, 0.05) is 23.7 Å². The standard InChI is InChI=1S/C30H35NO7/c1-7-12-38-24-11-9-19(16-26(24)36-5)28-27(30(33)37-6)17(2)31-21-13-20(14-22(32)29(21)28)18-8-10-23(34-3)25(15-18)35-4/h8-11,15-16,20,28-29H,7,12-14H2,1-6H3/t20-,28+,29?/m1/s1. The Morgan fingerprint density at radius 1 is 0.868 bits per heavy atom. The highest BCUT2D eigenvalue weighted by Crippen LogP contribution is 2.47. The van der Waals surface area contributed by atoms with Crippen molar-refractivity contribution in [3.8, 4) is 23.0 Å². The summed E-state index contributed by atoms with van der Waals surface area (Å²) < 4.78 is 27.4. The molecule has 1 heterocycles. The normalized spacial score (nSPS) is 20.8. The van der Waals surface area contributed by atoms with E-state index in [4.69, 9.17) is 28.7 Å². The molecule has 0 radical (unpaired) electrons. The molecule has 0 N–H and O–H groups in total. The highest BCUT2D eigenvalue weighted by molar-refractivity contribution is 6.12. The number of ether oxygens (including phenoxy) is 5. The zero-order valence-corrected chi connectivity index (χ0v) is 22.8. The van der Waals surface area contributed by atoms with Crippen molar-refractivity contribution in [2.24, 2.45) is 10.9 Å². The minimum Gasteiger partial charge on any atom is -0.493 e. The third-order valence-corrected chi connectivity index (χ3v) is 7.25. The third-order valence-electron chi connectivity index (χ3n) is 7.25. The lowest BCUT2D eigenvalue weighted by molar-refractivity contribution is -0.136. The number of hydrogen-bond acceptors (Lipinski definition) is 8. The van der Waals surface area contributed by atoms with Gasteiger partial charge < -0.3 is 23.7 Å². The molecule has 38 heavy (non-hydrogen) atoms. The summed E-state index contributed by atoms with van der Waals surface area (Å²) in [5.41, 5.74) is 3.47. The molecule has 8 nitrogen and oxygen atoms in total. The SMILES string of the molecule is CCCOc1ccc([C@H]2C(C(=O)OC)=C(C)N=C3C[C@@H](c4ccc(OC)c(OC)c4)CC(=O)C32)cc1OC. The molecule has 202 valence electrons. The minimum absolute atomic E-state index is 0.0268. The molecule has 0 amide bonds. The van der Waals surface area contributed by atoms with Crippen LogP contribution in [0.2, 0.25) is 0 Å². The van der Waals surface area contributed by atoms with Gasteiger partial charge in [-0.15, -0.1) is 0 Å². The molecule has 0 aromatic heterocycles. The molecule has 0 bridgehead atoms. The van der Waals surface area contributed by atoms with E-state index in [1.807, 2.05) is 43.3 Å². The average molecular weight is 522 g/mol. The number of nitrogens with zero attached hydrogens (tertiary/aromatic N) is 1. The maximum absolute atomic E-state index is 13.8. The lowest BCUT2D eigenvalue weighted by Gasteiger charge is -2.38. The fourth-order valence-electron chi connectivity index (χ4n) is 5.46. The van der Waals surface area contributed by atoms with Crippen LogP contribution in [0, 0.1) is 5.92 Å². The van der Waals surface area contributed by atoms with Crippen LogP contribution in [0.3, 0.4) is 0 Å². The summed E-state index contributed by atoms with van der Waals surface area (Å²) in [6, 6.07) is 11.3. The number of rotatable bonds is 9. The van der Waals surface area contributed by atoms with Crippen molar-refractivity contribution in [2.75, 3.05) is 35.0 Å². The first-order valence-electron chi connectivity index (χ1n) is 12.8. The molecular weight excluding hydrogens is 486 g/mol. The number of fused-ring (bicyclic) bond motifs is 1. The Morgan fingerprint density at radius 2 is 1.50 bits per heavy atom. The second-order valence-corrected chi connectivity index (χ2v) is 9.49. The van der Waals surface area contributed by atoms with Crippen LogP contribution in [0.1, 0.15) is 56.1 Å². The van der Waals surface area contributed by atoms with Crippen LogP contribution in [0.4, 0.5) is 0 Å². The predicted molar refractivity (Wildman–Crippen MR) is 144 cm³/mol. The Bertz CT molecular complexity index is 1280. The summed E-state index contributed by atoms with van der Waals surface area (Å²) in [7, 11) is 6.11. The van der Waals surface area contributed by atoms with Gasteiger partial charge in [0.05, 0.1) is 46.5 Å². The monoisotopic (exact) mass is 521 g/mol. The third kappa shape index (κ3) is 5.12. The Labute approximate surface area is 223 Å². The van der Waals surface area contributed by atoms with E-state index in [0.29, 0.717) is 53.7 Å². The van der Waals surface area contributed by atoms with E-state index < -0.39 is 17.8 Å². The second-order valence-electron chi connectivity index (χ2n) is 9.49. The van der Waals surface area contributed by atoms with Crippen LogP contribution in [0.15, 0.2) is 52.7 Å². The van der Waals surface area contributed by atoms with Crippen molar-refractivity contribution >= 4 is 17.5 Å². The first-order chi connectivity index (χ1) is 18.4. The number of hydrogen-bond donors (Lipinski definition) is 0. The van der Waals surface area contributed by atoms with Crippen molar-refractivity contribution in [2.45, 2.75) is 44.9 Å². The van der Waals surface area contributed by atoms with Crippen molar-refractivity contribution in [1.29, 1.82) is 0 Å².